The molecule has 0 spiro atoms. The highest BCUT2D eigenvalue weighted by Gasteiger charge is 2.15. The van der Waals surface area contributed by atoms with Crippen LogP contribution in [0.1, 0.15) is 74.9 Å². The van der Waals surface area contributed by atoms with Gasteiger partial charge >= 0.3 is 12.1 Å². The van der Waals surface area contributed by atoms with Gasteiger partial charge in [0.25, 0.3) is 0 Å². The van der Waals surface area contributed by atoms with Crippen molar-refractivity contribution in [1.82, 2.24) is 10.6 Å². The van der Waals surface area contributed by atoms with Crippen LogP contribution in [0.2, 0.25) is 0 Å². The Morgan fingerprint density at radius 3 is 2.38 bits per heavy atom. The summed E-state index contributed by atoms with van der Waals surface area (Å²) >= 11 is 0. The minimum Gasteiger partial charge on any atom is -0.872 e. The molecule has 3 N–H and O–H groups in total. The Balaban J connectivity index is 2.36. The number of benzene rings is 1. The van der Waals surface area contributed by atoms with E-state index < -0.39 is 23.4 Å². The van der Waals surface area contributed by atoms with Gasteiger partial charge in [-0.2, -0.15) is 0 Å². The van der Waals surface area contributed by atoms with E-state index >= 15 is 0 Å². The SMILES string of the molecule is CCc1ccc(C(=O)O)c([O-])c1CNC(=O)CCCCCNC(=O)OC(C)(C)C. The summed E-state index contributed by atoms with van der Waals surface area (Å²) in [5.41, 5.74) is 0.230. The molecule has 0 radical (unpaired) electrons. The first-order valence-electron chi connectivity index (χ1n) is 9.83. The normalized spacial score (nSPS) is 11.0. The van der Waals surface area contributed by atoms with Gasteiger partial charge in [-0.05, 0) is 57.2 Å². The van der Waals surface area contributed by atoms with Gasteiger partial charge in [0.05, 0.1) is 5.56 Å². The predicted molar refractivity (Wildman–Crippen MR) is 107 cm³/mol. The second-order valence-electron chi connectivity index (χ2n) is 7.75. The van der Waals surface area contributed by atoms with Crippen molar-refractivity contribution < 1.29 is 29.3 Å². The van der Waals surface area contributed by atoms with Gasteiger partial charge in [0, 0.05) is 19.5 Å². The maximum absolute atomic E-state index is 12.3. The molecular weight excluding hydrogens is 376 g/mol. The summed E-state index contributed by atoms with van der Waals surface area (Å²) in [5.74, 6) is -2.03. The van der Waals surface area contributed by atoms with Crippen LogP contribution in [0.5, 0.6) is 5.75 Å². The number of alkyl carbamates (subject to hydrolysis) is 1. The van der Waals surface area contributed by atoms with Crippen molar-refractivity contribution >= 4 is 18.0 Å². The van der Waals surface area contributed by atoms with E-state index in [1.54, 1.807) is 26.8 Å². The van der Waals surface area contributed by atoms with Crippen molar-refractivity contribution in [3.8, 4) is 5.75 Å². The Labute approximate surface area is 171 Å². The maximum Gasteiger partial charge on any atom is 0.407 e. The number of carboxylic acids is 1. The van der Waals surface area contributed by atoms with Crippen molar-refractivity contribution in [2.45, 2.75) is 71.9 Å². The molecule has 0 saturated carbocycles. The Hall–Kier alpha value is -2.77. The summed E-state index contributed by atoms with van der Waals surface area (Å²) in [5, 5.41) is 26.7. The van der Waals surface area contributed by atoms with E-state index in [0.29, 0.717) is 31.4 Å². The zero-order valence-corrected chi connectivity index (χ0v) is 17.6. The van der Waals surface area contributed by atoms with Crippen LogP contribution in [0.4, 0.5) is 4.79 Å². The molecule has 0 unspecified atom stereocenters. The molecule has 8 heteroatoms. The van der Waals surface area contributed by atoms with Crippen LogP contribution in [0.15, 0.2) is 12.1 Å². The molecule has 0 fully saturated rings. The maximum atomic E-state index is 12.3. The van der Waals surface area contributed by atoms with E-state index in [4.69, 9.17) is 9.84 Å². The van der Waals surface area contributed by atoms with E-state index in [1.165, 1.54) is 6.07 Å². The number of amides is 2. The molecule has 0 aliphatic heterocycles. The first-order chi connectivity index (χ1) is 13.5. The average Bonchev–Trinajstić information content (AvgIpc) is 2.61. The van der Waals surface area contributed by atoms with Crippen molar-refractivity contribution in [3.05, 3.63) is 28.8 Å². The fourth-order valence-electron chi connectivity index (χ4n) is 2.73. The molecule has 1 rings (SSSR count). The van der Waals surface area contributed by atoms with Gasteiger partial charge in [0.15, 0.2) is 0 Å². The average molecular weight is 407 g/mol. The Morgan fingerprint density at radius 1 is 1.10 bits per heavy atom. The quantitative estimate of drug-likeness (QED) is 0.512. The lowest BCUT2D eigenvalue weighted by atomic mass is 10.00. The molecule has 1 aromatic rings. The van der Waals surface area contributed by atoms with Gasteiger partial charge in [0.2, 0.25) is 5.91 Å². The number of nitrogens with one attached hydrogen (secondary N) is 2. The second-order valence-corrected chi connectivity index (χ2v) is 7.75. The fourth-order valence-corrected chi connectivity index (χ4v) is 2.73. The number of rotatable bonds is 10. The second kappa shape index (κ2) is 11.3. The Bertz CT molecular complexity index is 725. The van der Waals surface area contributed by atoms with Crippen molar-refractivity contribution in [2.75, 3.05) is 6.54 Å². The lowest BCUT2D eigenvalue weighted by molar-refractivity contribution is -0.270. The summed E-state index contributed by atoms with van der Waals surface area (Å²) in [4.78, 5) is 34.7. The van der Waals surface area contributed by atoms with E-state index in [1.807, 2.05) is 6.92 Å². The van der Waals surface area contributed by atoms with Gasteiger partial charge in [-0.25, -0.2) is 9.59 Å². The number of unbranched alkanes of at least 4 members (excludes halogenated alkanes) is 2. The molecule has 0 aliphatic rings. The van der Waals surface area contributed by atoms with Crippen LogP contribution in [0.25, 0.3) is 0 Å². The first-order valence-corrected chi connectivity index (χ1v) is 9.83. The monoisotopic (exact) mass is 407 g/mol. The third-order valence-corrected chi connectivity index (χ3v) is 4.18. The van der Waals surface area contributed by atoms with Crippen molar-refractivity contribution in [2.24, 2.45) is 0 Å². The van der Waals surface area contributed by atoms with Crippen LogP contribution in [0, 0.1) is 0 Å². The molecular formula is C21H31N2O6-. The first kappa shape index (κ1) is 24.3. The van der Waals surface area contributed by atoms with Gasteiger partial charge in [-0.1, -0.05) is 25.2 Å². The lowest BCUT2D eigenvalue weighted by Gasteiger charge is -2.20. The van der Waals surface area contributed by atoms with E-state index in [9.17, 15) is 19.5 Å². The standard InChI is InChI=1S/C21H32N2O6/c1-5-14-10-11-15(19(26)27)18(25)16(14)13-23-17(24)9-7-6-8-12-22-20(28)29-21(2,3)4/h10-11,25H,5-9,12-13H2,1-4H3,(H,22,28)(H,23,24)(H,26,27)/p-1. The summed E-state index contributed by atoms with van der Waals surface area (Å²) in [7, 11) is 0. The highest BCUT2D eigenvalue weighted by atomic mass is 16.6. The van der Waals surface area contributed by atoms with Crippen LogP contribution in [-0.2, 0) is 22.5 Å². The Kier molecular flexibility index (Phi) is 9.44. The number of carbonyl (C=O) groups is 3. The molecule has 0 heterocycles. The van der Waals surface area contributed by atoms with Gasteiger partial charge in [-0.15, -0.1) is 0 Å². The molecule has 8 nitrogen and oxygen atoms in total. The van der Waals surface area contributed by atoms with Crippen LogP contribution in [-0.4, -0.2) is 35.2 Å². The highest BCUT2D eigenvalue weighted by Crippen LogP contribution is 2.24. The molecule has 1 aromatic carbocycles. The minimum atomic E-state index is -1.27. The summed E-state index contributed by atoms with van der Waals surface area (Å²) in [6, 6.07) is 2.92. The van der Waals surface area contributed by atoms with Gasteiger partial charge in [-0.3, -0.25) is 4.79 Å². The summed E-state index contributed by atoms with van der Waals surface area (Å²) < 4.78 is 5.13. The zero-order chi connectivity index (χ0) is 22.0. The van der Waals surface area contributed by atoms with Gasteiger partial charge < -0.3 is 25.6 Å². The number of ether oxygens (including phenoxy) is 1. The van der Waals surface area contributed by atoms with E-state index in [0.717, 1.165) is 18.4 Å². The Morgan fingerprint density at radius 2 is 1.79 bits per heavy atom. The van der Waals surface area contributed by atoms with Crippen molar-refractivity contribution in [3.63, 3.8) is 0 Å². The predicted octanol–water partition coefficient (Wildman–Crippen LogP) is 2.72. The van der Waals surface area contributed by atoms with Crippen molar-refractivity contribution in [1.29, 1.82) is 0 Å². The minimum absolute atomic E-state index is 0.0160. The fraction of sp³-hybridized carbons (Fsp3) is 0.571. The van der Waals surface area contributed by atoms with Crippen LogP contribution < -0.4 is 15.7 Å². The molecule has 0 saturated heterocycles. The van der Waals surface area contributed by atoms with Gasteiger partial charge in [0.1, 0.15) is 5.60 Å². The number of aryl methyl sites for hydroxylation is 1. The molecule has 0 aromatic heterocycles. The zero-order valence-electron chi connectivity index (χ0n) is 17.6. The number of aromatic carboxylic acids is 1. The number of hydrogen-bond donors (Lipinski definition) is 3. The number of carbonyl (C=O) groups excluding carboxylic acids is 2. The topological polar surface area (TPSA) is 128 Å². The molecule has 162 valence electrons. The molecule has 0 aliphatic carbocycles. The summed E-state index contributed by atoms with van der Waals surface area (Å²) in [6.07, 6.45) is 2.52. The molecule has 29 heavy (non-hydrogen) atoms. The van der Waals surface area contributed by atoms with Crippen LogP contribution >= 0.6 is 0 Å². The third-order valence-electron chi connectivity index (χ3n) is 4.18. The molecule has 2 amide bonds. The van der Waals surface area contributed by atoms with E-state index in [2.05, 4.69) is 10.6 Å². The molecule has 0 atom stereocenters. The highest BCUT2D eigenvalue weighted by molar-refractivity contribution is 5.91. The molecule has 0 bridgehead atoms. The largest absolute Gasteiger partial charge is 0.872 e. The summed E-state index contributed by atoms with van der Waals surface area (Å²) in [6.45, 7) is 7.74. The third kappa shape index (κ3) is 8.85. The number of hydrogen-bond acceptors (Lipinski definition) is 5. The lowest BCUT2D eigenvalue weighted by Crippen LogP contribution is -2.33. The van der Waals surface area contributed by atoms with E-state index in [-0.39, 0.29) is 18.0 Å². The smallest absolute Gasteiger partial charge is 0.407 e. The van der Waals surface area contributed by atoms with Crippen LogP contribution in [0.3, 0.4) is 0 Å². The number of carboxylic acid groups (broad SMARTS) is 1.